The molecule has 0 fully saturated rings. The predicted octanol–water partition coefficient (Wildman–Crippen LogP) is 6.24. The Morgan fingerprint density at radius 3 is 2.65 bits per heavy atom. The van der Waals surface area contributed by atoms with Crippen LogP contribution in [0.5, 0.6) is 0 Å². The number of hydrogen-bond donors (Lipinski definition) is 0. The Balaban J connectivity index is 2.17. The van der Waals surface area contributed by atoms with Gasteiger partial charge in [-0.05, 0) is 74.2 Å². The second-order valence-corrected chi connectivity index (χ2v) is 6.54. The standard InChI is InChI=1S/C15H10Br2ClNO/c1-2-8-5-11(17)14-13(6-8)19-15(20-14)9-3-4-10(16)12(18)7-9/h3-7H,2H2,1H3. The van der Waals surface area contributed by atoms with E-state index in [2.05, 4.69) is 49.8 Å². The molecule has 2 aromatic carbocycles. The molecular formula is C15H10Br2ClNO. The maximum Gasteiger partial charge on any atom is 0.227 e. The van der Waals surface area contributed by atoms with Gasteiger partial charge >= 0.3 is 0 Å². The first kappa shape index (κ1) is 14.1. The third-order valence-corrected chi connectivity index (χ3v) is 4.90. The maximum absolute atomic E-state index is 6.12. The first-order chi connectivity index (χ1) is 9.58. The summed E-state index contributed by atoms with van der Waals surface area (Å²) in [5.41, 5.74) is 3.69. The lowest BCUT2D eigenvalue weighted by Gasteiger charge is -1.98. The highest BCUT2D eigenvalue weighted by atomic mass is 79.9. The van der Waals surface area contributed by atoms with Gasteiger partial charge in [-0.15, -0.1) is 0 Å². The average Bonchev–Trinajstić information content (AvgIpc) is 2.86. The van der Waals surface area contributed by atoms with E-state index in [0.717, 1.165) is 32.0 Å². The van der Waals surface area contributed by atoms with Crippen molar-refractivity contribution in [1.82, 2.24) is 4.98 Å². The van der Waals surface area contributed by atoms with Gasteiger partial charge in [-0.3, -0.25) is 0 Å². The molecule has 1 heterocycles. The molecule has 0 saturated carbocycles. The van der Waals surface area contributed by atoms with E-state index in [0.29, 0.717) is 10.9 Å². The van der Waals surface area contributed by atoms with Gasteiger partial charge < -0.3 is 4.42 Å². The Hall–Kier alpha value is -0.840. The molecular weight excluding hydrogens is 405 g/mol. The van der Waals surface area contributed by atoms with E-state index in [1.165, 1.54) is 5.56 Å². The van der Waals surface area contributed by atoms with Gasteiger partial charge in [0.1, 0.15) is 5.52 Å². The van der Waals surface area contributed by atoms with Crippen molar-refractivity contribution < 1.29 is 4.42 Å². The summed E-state index contributed by atoms with van der Waals surface area (Å²) in [5, 5.41) is 0.637. The summed E-state index contributed by atoms with van der Waals surface area (Å²) in [6, 6.07) is 9.76. The van der Waals surface area contributed by atoms with Gasteiger partial charge in [-0.1, -0.05) is 18.5 Å². The number of fused-ring (bicyclic) bond motifs is 1. The largest absolute Gasteiger partial charge is 0.435 e. The number of benzene rings is 2. The van der Waals surface area contributed by atoms with Gasteiger partial charge in [0.25, 0.3) is 0 Å². The fourth-order valence-electron chi connectivity index (χ4n) is 2.00. The molecule has 102 valence electrons. The van der Waals surface area contributed by atoms with Crippen LogP contribution in [-0.2, 0) is 6.42 Å². The zero-order valence-electron chi connectivity index (χ0n) is 10.6. The van der Waals surface area contributed by atoms with Crippen LogP contribution in [0.25, 0.3) is 22.6 Å². The van der Waals surface area contributed by atoms with Crippen LogP contribution >= 0.6 is 43.5 Å². The molecule has 0 aliphatic rings. The summed E-state index contributed by atoms with van der Waals surface area (Å²) < 4.78 is 7.63. The van der Waals surface area contributed by atoms with Crippen LogP contribution in [0, 0.1) is 0 Å². The van der Waals surface area contributed by atoms with E-state index >= 15 is 0 Å². The van der Waals surface area contributed by atoms with Crippen molar-refractivity contribution in [2.24, 2.45) is 0 Å². The molecule has 0 N–H and O–H groups in total. The summed E-state index contributed by atoms with van der Waals surface area (Å²) in [6.07, 6.45) is 0.959. The van der Waals surface area contributed by atoms with Gasteiger partial charge in [-0.2, -0.15) is 0 Å². The maximum atomic E-state index is 6.12. The zero-order chi connectivity index (χ0) is 14.3. The van der Waals surface area contributed by atoms with Crippen molar-refractivity contribution in [2.75, 3.05) is 0 Å². The summed E-state index contributed by atoms with van der Waals surface area (Å²) in [4.78, 5) is 4.55. The van der Waals surface area contributed by atoms with E-state index < -0.39 is 0 Å². The molecule has 0 radical (unpaired) electrons. The highest BCUT2D eigenvalue weighted by Gasteiger charge is 2.12. The number of rotatable bonds is 2. The normalized spacial score (nSPS) is 11.2. The fourth-order valence-corrected chi connectivity index (χ4v) is 3.01. The van der Waals surface area contributed by atoms with Gasteiger partial charge in [0.15, 0.2) is 5.58 Å². The lowest BCUT2D eigenvalue weighted by Crippen LogP contribution is -1.81. The topological polar surface area (TPSA) is 26.0 Å². The SMILES string of the molecule is CCc1cc(Br)c2oc(-c3ccc(Br)c(Cl)c3)nc2c1. The molecule has 0 saturated heterocycles. The molecule has 3 rings (SSSR count). The molecule has 0 unspecified atom stereocenters. The first-order valence-electron chi connectivity index (χ1n) is 6.13. The highest BCUT2D eigenvalue weighted by Crippen LogP contribution is 2.33. The van der Waals surface area contributed by atoms with E-state index in [9.17, 15) is 0 Å². The van der Waals surface area contributed by atoms with Crippen molar-refractivity contribution in [3.8, 4) is 11.5 Å². The minimum atomic E-state index is 0.573. The van der Waals surface area contributed by atoms with Gasteiger partial charge in [0.2, 0.25) is 5.89 Å². The van der Waals surface area contributed by atoms with E-state index in [-0.39, 0.29) is 0 Å². The van der Waals surface area contributed by atoms with Crippen LogP contribution in [0.2, 0.25) is 5.02 Å². The monoisotopic (exact) mass is 413 g/mol. The number of halogens is 3. The number of hydrogen-bond acceptors (Lipinski definition) is 2. The minimum absolute atomic E-state index is 0.573. The van der Waals surface area contributed by atoms with Crippen LogP contribution in [0.1, 0.15) is 12.5 Å². The molecule has 1 aromatic heterocycles. The lowest BCUT2D eigenvalue weighted by molar-refractivity contribution is 0.618. The molecule has 0 amide bonds. The smallest absolute Gasteiger partial charge is 0.227 e. The van der Waals surface area contributed by atoms with Crippen molar-refractivity contribution in [3.63, 3.8) is 0 Å². The van der Waals surface area contributed by atoms with E-state index in [1.807, 2.05) is 24.3 Å². The van der Waals surface area contributed by atoms with E-state index in [1.54, 1.807) is 0 Å². The Bertz CT molecular complexity index is 798. The molecule has 2 nitrogen and oxygen atoms in total. The second-order valence-electron chi connectivity index (χ2n) is 4.43. The predicted molar refractivity (Wildman–Crippen MR) is 89.2 cm³/mol. The van der Waals surface area contributed by atoms with Crippen LogP contribution in [-0.4, -0.2) is 4.98 Å². The van der Waals surface area contributed by atoms with Crippen LogP contribution in [0.3, 0.4) is 0 Å². The molecule has 3 aromatic rings. The van der Waals surface area contributed by atoms with Crippen molar-refractivity contribution in [3.05, 3.63) is 49.9 Å². The van der Waals surface area contributed by atoms with Gasteiger partial charge in [0.05, 0.1) is 9.50 Å². The minimum Gasteiger partial charge on any atom is -0.435 e. The Kier molecular flexibility index (Phi) is 3.89. The Morgan fingerprint density at radius 1 is 1.15 bits per heavy atom. The number of oxazole rings is 1. The fraction of sp³-hybridized carbons (Fsp3) is 0.133. The Labute approximate surface area is 138 Å². The zero-order valence-corrected chi connectivity index (χ0v) is 14.5. The van der Waals surface area contributed by atoms with Crippen molar-refractivity contribution in [2.45, 2.75) is 13.3 Å². The summed E-state index contributed by atoms with van der Waals surface area (Å²) in [6.45, 7) is 2.11. The van der Waals surface area contributed by atoms with Crippen LogP contribution in [0.4, 0.5) is 0 Å². The van der Waals surface area contributed by atoms with E-state index in [4.69, 9.17) is 16.0 Å². The van der Waals surface area contributed by atoms with Gasteiger partial charge in [-0.25, -0.2) is 4.98 Å². The summed E-state index contributed by atoms with van der Waals surface area (Å²) >= 11 is 13.0. The second kappa shape index (κ2) is 5.51. The molecule has 0 spiro atoms. The van der Waals surface area contributed by atoms with Gasteiger partial charge in [0, 0.05) is 10.0 Å². The van der Waals surface area contributed by atoms with Crippen molar-refractivity contribution >= 4 is 54.6 Å². The van der Waals surface area contributed by atoms with Crippen LogP contribution in [0.15, 0.2) is 43.7 Å². The number of aryl methyl sites for hydroxylation is 1. The number of nitrogens with zero attached hydrogens (tertiary/aromatic N) is 1. The first-order valence-corrected chi connectivity index (χ1v) is 8.09. The third-order valence-electron chi connectivity index (χ3n) is 3.08. The summed E-state index contributed by atoms with van der Waals surface area (Å²) in [7, 11) is 0. The van der Waals surface area contributed by atoms with Crippen molar-refractivity contribution in [1.29, 1.82) is 0 Å². The highest BCUT2D eigenvalue weighted by molar-refractivity contribution is 9.11. The lowest BCUT2D eigenvalue weighted by atomic mass is 10.1. The third kappa shape index (κ3) is 2.52. The molecule has 0 atom stereocenters. The number of aromatic nitrogens is 1. The molecule has 20 heavy (non-hydrogen) atoms. The molecule has 0 aliphatic carbocycles. The molecule has 0 bridgehead atoms. The summed E-state index contributed by atoms with van der Waals surface area (Å²) in [5.74, 6) is 0.573. The Morgan fingerprint density at radius 2 is 1.95 bits per heavy atom. The average molecular weight is 416 g/mol. The quantitative estimate of drug-likeness (QED) is 0.495. The molecule has 5 heteroatoms. The molecule has 0 aliphatic heterocycles. The van der Waals surface area contributed by atoms with Crippen LogP contribution < -0.4 is 0 Å².